The number of aromatic amines is 2. The minimum atomic E-state index is -1.93. The van der Waals surface area contributed by atoms with Gasteiger partial charge in [0, 0.05) is 23.3 Å². The first-order chi connectivity index (χ1) is 15.5. The number of aryl methyl sites for hydroxylation is 1. The highest BCUT2D eigenvalue weighted by molar-refractivity contribution is 7.86. The first-order valence-corrected chi connectivity index (χ1v) is 10.3. The molecule has 32 heavy (non-hydrogen) atoms. The van der Waals surface area contributed by atoms with E-state index >= 15 is 8.78 Å². The van der Waals surface area contributed by atoms with Crippen LogP contribution in [0.25, 0.3) is 33.5 Å². The molecule has 0 fully saturated rings. The molecule has 3 heterocycles. The molecule has 0 aliphatic heterocycles. The Morgan fingerprint density at radius 1 is 1.12 bits per heavy atom. The highest BCUT2D eigenvalue weighted by atomic mass is 32.2. The van der Waals surface area contributed by atoms with Gasteiger partial charge in [-0.1, -0.05) is 11.2 Å². The fourth-order valence-corrected chi connectivity index (χ4v) is 4.23. The van der Waals surface area contributed by atoms with Gasteiger partial charge in [0.1, 0.15) is 21.9 Å². The molecule has 0 amide bonds. The van der Waals surface area contributed by atoms with Crippen molar-refractivity contribution < 1.29 is 21.9 Å². The largest absolute Gasteiger partial charge is 0.360 e. The van der Waals surface area contributed by atoms with E-state index in [4.69, 9.17) is 4.52 Å². The maximum absolute atomic E-state index is 15.3. The molecule has 3 aromatic heterocycles. The van der Waals surface area contributed by atoms with Crippen molar-refractivity contribution in [1.29, 1.82) is 0 Å². The van der Waals surface area contributed by atoms with E-state index in [9.17, 15) is 8.60 Å². The zero-order valence-corrected chi connectivity index (χ0v) is 17.1. The van der Waals surface area contributed by atoms with Crippen molar-refractivity contribution in [3.05, 3.63) is 66.1 Å². The van der Waals surface area contributed by atoms with Gasteiger partial charge in [-0.25, -0.2) is 22.4 Å². The maximum atomic E-state index is 15.3. The van der Waals surface area contributed by atoms with Crippen molar-refractivity contribution in [1.82, 2.24) is 25.3 Å². The molecule has 8 nitrogen and oxygen atoms in total. The van der Waals surface area contributed by atoms with E-state index in [2.05, 4.69) is 30.0 Å². The Balaban J connectivity index is 1.59. The van der Waals surface area contributed by atoms with E-state index in [-0.39, 0.29) is 27.4 Å². The number of benzene rings is 2. The number of fused-ring (bicyclic) bond motifs is 1. The molecule has 1 atom stereocenters. The third-order valence-corrected chi connectivity index (χ3v) is 6.07. The number of hydrogen-bond acceptors (Lipinski definition) is 5. The molecule has 5 rings (SSSR count). The molecular formula is C20H13F3N6O2S. The average Bonchev–Trinajstić information content (AvgIpc) is 3.52. The van der Waals surface area contributed by atoms with Crippen LogP contribution in [0.5, 0.6) is 0 Å². The molecule has 0 radical (unpaired) electrons. The quantitative estimate of drug-likeness (QED) is 0.360. The zero-order chi connectivity index (χ0) is 22.4. The molecule has 0 aliphatic rings. The summed E-state index contributed by atoms with van der Waals surface area (Å²) >= 11 is 0. The SMILES string of the molecule is Cc1oncc1S(=O)Nc1ccc(F)c(-c2ccc3c(-c4ncc[nH]4)[nH]nc3c2F)c1F. The van der Waals surface area contributed by atoms with E-state index < -0.39 is 34.0 Å². The highest BCUT2D eigenvalue weighted by Gasteiger charge is 2.24. The third-order valence-electron chi connectivity index (χ3n) is 4.87. The van der Waals surface area contributed by atoms with Crippen LogP contribution in [0.3, 0.4) is 0 Å². The summed E-state index contributed by atoms with van der Waals surface area (Å²) in [5.41, 5.74) is -0.893. The van der Waals surface area contributed by atoms with Gasteiger partial charge in [0.15, 0.2) is 34.2 Å². The summed E-state index contributed by atoms with van der Waals surface area (Å²) in [6.07, 6.45) is 4.35. The lowest BCUT2D eigenvalue weighted by atomic mass is 10.0. The summed E-state index contributed by atoms with van der Waals surface area (Å²) in [7, 11) is -1.93. The van der Waals surface area contributed by atoms with Gasteiger partial charge < -0.3 is 9.51 Å². The Kier molecular flexibility index (Phi) is 4.78. The fraction of sp³-hybridized carbons (Fsp3) is 0.0500. The molecule has 3 N–H and O–H groups in total. The molecule has 0 bridgehead atoms. The molecular weight excluding hydrogens is 445 g/mol. The Morgan fingerprint density at radius 2 is 1.97 bits per heavy atom. The molecule has 5 aromatic rings. The van der Waals surface area contributed by atoms with E-state index in [0.29, 0.717) is 16.9 Å². The standard InChI is InChI=1S/C20H13F3N6O2S/c1-9-14(8-26-31-9)32(30)29-13-5-4-12(21)15(17(13)23)10-2-3-11-18(16(10)22)27-28-19(11)20-24-6-7-25-20/h2-8,29H,1H3,(H,24,25)(H,27,28). The van der Waals surface area contributed by atoms with Crippen LogP contribution < -0.4 is 4.72 Å². The maximum Gasteiger partial charge on any atom is 0.159 e. The molecule has 0 saturated heterocycles. The molecule has 12 heteroatoms. The van der Waals surface area contributed by atoms with Crippen molar-refractivity contribution in [2.75, 3.05) is 4.72 Å². The second-order valence-electron chi connectivity index (χ2n) is 6.76. The van der Waals surface area contributed by atoms with Crippen LogP contribution in [-0.2, 0) is 11.0 Å². The lowest BCUT2D eigenvalue weighted by molar-refractivity contribution is 0.394. The number of rotatable bonds is 5. The predicted molar refractivity (Wildman–Crippen MR) is 110 cm³/mol. The Hall–Kier alpha value is -3.93. The van der Waals surface area contributed by atoms with Gasteiger partial charge in [-0.15, -0.1) is 0 Å². The molecule has 0 aliphatic carbocycles. The van der Waals surface area contributed by atoms with Gasteiger partial charge in [-0.3, -0.25) is 9.82 Å². The normalized spacial score (nSPS) is 12.4. The molecule has 0 spiro atoms. The Morgan fingerprint density at radius 3 is 2.69 bits per heavy atom. The number of anilines is 1. The number of nitrogens with zero attached hydrogens (tertiary/aromatic N) is 3. The number of imidazole rings is 1. The van der Waals surface area contributed by atoms with Crippen LogP contribution in [0, 0.1) is 24.4 Å². The lowest BCUT2D eigenvalue weighted by Gasteiger charge is -2.12. The zero-order valence-electron chi connectivity index (χ0n) is 16.2. The van der Waals surface area contributed by atoms with E-state index in [0.717, 1.165) is 12.1 Å². The summed E-state index contributed by atoms with van der Waals surface area (Å²) < 4.78 is 64.9. The van der Waals surface area contributed by atoms with Crippen molar-refractivity contribution in [2.24, 2.45) is 0 Å². The summed E-state index contributed by atoms with van der Waals surface area (Å²) in [6, 6.07) is 4.79. The lowest BCUT2D eigenvalue weighted by Crippen LogP contribution is -2.08. The molecule has 1 unspecified atom stereocenters. The van der Waals surface area contributed by atoms with Gasteiger partial charge in [0.05, 0.1) is 17.4 Å². The molecule has 0 saturated carbocycles. The number of hydrogen-bond donors (Lipinski definition) is 3. The summed E-state index contributed by atoms with van der Waals surface area (Å²) in [6.45, 7) is 1.54. The number of aromatic nitrogens is 5. The van der Waals surface area contributed by atoms with Crippen LogP contribution in [0.2, 0.25) is 0 Å². The van der Waals surface area contributed by atoms with E-state index in [1.165, 1.54) is 24.5 Å². The number of nitrogens with one attached hydrogen (secondary N) is 3. The topological polar surface area (TPSA) is 112 Å². The van der Waals surface area contributed by atoms with Crippen molar-refractivity contribution in [3.63, 3.8) is 0 Å². The van der Waals surface area contributed by atoms with Crippen molar-refractivity contribution >= 4 is 27.6 Å². The molecule has 162 valence electrons. The van der Waals surface area contributed by atoms with Gasteiger partial charge in [0.2, 0.25) is 0 Å². The smallest absolute Gasteiger partial charge is 0.159 e. The Bertz CT molecular complexity index is 1480. The van der Waals surface area contributed by atoms with E-state index in [1.54, 1.807) is 13.1 Å². The first-order valence-electron chi connectivity index (χ1n) is 9.20. The van der Waals surface area contributed by atoms with Gasteiger partial charge in [0.25, 0.3) is 0 Å². The van der Waals surface area contributed by atoms with E-state index in [1.807, 2.05) is 0 Å². The second kappa shape index (κ2) is 7.64. The minimum absolute atomic E-state index is 0.102. The van der Waals surface area contributed by atoms with Gasteiger partial charge >= 0.3 is 0 Å². The van der Waals surface area contributed by atoms with Crippen molar-refractivity contribution in [2.45, 2.75) is 11.8 Å². The van der Waals surface area contributed by atoms with Crippen LogP contribution in [0.15, 0.2) is 52.3 Å². The van der Waals surface area contributed by atoms with Crippen LogP contribution >= 0.6 is 0 Å². The summed E-state index contributed by atoms with van der Waals surface area (Å²) in [4.78, 5) is 7.18. The summed E-state index contributed by atoms with van der Waals surface area (Å²) in [5, 5.41) is 10.5. The van der Waals surface area contributed by atoms with Gasteiger partial charge in [-0.2, -0.15) is 5.10 Å². The van der Waals surface area contributed by atoms with Crippen LogP contribution in [0.4, 0.5) is 18.9 Å². The average molecular weight is 458 g/mol. The Labute approximate surface area is 180 Å². The van der Waals surface area contributed by atoms with Crippen LogP contribution in [-0.4, -0.2) is 29.5 Å². The molecule has 2 aromatic carbocycles. The minimum Gasteiger partial charge on any atom is -0.360 e. The second-order valence-corrected chi connectivity index (χ2v) is 7.94. The number of halogens is 3. The van der Waals surface area contributed by atoms with Crippen molar-refractivity contribution in [3.8, 4) is 22.6 Å². The highest BCUT2D eigenvalue weighted by Crippen LogP contribution is 2.36. The first kappa shape index (κ1) is 20.0. The summed E-state index contributed by atoms with van der Waals surface area (Å²) in [5.74, 6) is -2.29. The van der Waals surface area contributed by atoms with Crippen LogP contribution in [0.1, 0.15) is 5.76 Å². The third kappa shape index (κ3) is 3.15. The number of H-pyrrole nitrogens is 2. The fourth-order valence-electron chi connectivity index (χ4n) is 3.32. The predicted octanol–water partition coefficient (Wildman–Crippen LogP) is 4.47. The monoisotopic (exact) mass is 458 g/mol. The van der Waals surface area contributed by atoms with Gasteiger partial charge in [-0.05, 0) is 25.1 Å².